The molecule has 0 bridgehead atoms. The van der Waals surface area contributed by atoms with Gasteiger partial charge in [0.1, 0.15) is 0 Å². The molecule has 0 radical (unpaired) electrons. The van der Waals surface area contributed by atoms with Crippen LogP contribution in [-0.4, -0.2) is 5.91 Å². The second-order valence-electron chi connectivity index (χ2n) is 3.26. The Bertz CT molecular complexity index is 566. The molecular weight excluding hydrogens is 263 g/mol. The molecule has 0 spiro atoms. The number of hydrogen-bond acceptors (Lipinski definition) is 3. The predicted molar refractivity (Wildman–Crippen MR) is 67.5 cm³/mol. The Kier molecular flexibility index (Phi) is 3.26. The molecule has 1 aromatic carbocycles. The first-order chi connectivity index (χ1) is 8.08. The van der Waals surface area contributed by atoms with Gasteiger partial charge in [-0.3, -0.25) is 4.79 Å². The van der Waals surface area contributed by atoms with Crippen molar-refractivity contribution in [3.05, 3.63) is 46.1 Å². The summed E-state index contributed by atoms with van der Waals surface area (Å²) in [5, 5.41) is 3.22. The minimum atomic E-state index is -0.439. The quantitative estimate of drug-likeness (QED) is 0.879. The van der Waals surface area contributed by atoms with Crippen LogP contribution in [0.3, 0.4) is 0 Å². The van der Waals surface area contributed by atoms with Crippen molar-refractivity contribution in [1.82, 2.24) is 0 Å². The third-order valence-corrected chi connectivity index (χ3v) is 2.87. The Morgan fingerprint density at radius 1 is 1.24 bits per heavy atom. The molecule has 3 N–H and O–H groups in total. The highest BCUT2D eigenvalue weighted by molar-refractivity contribution is 6.44. The maximum Gasteiger partial charge on any atom is 0.291 e. The SMILES string of the molecule is Nc1ccc(C(=O)Nc2cccc(Cl)c2Cl)o1. The van der Waals surface area contributed by atoms with Crippen LogP contribution >= 0.6 is 23.2 Å². The number of anilines is 2. The normalized spacial score (nSPS) is 10.2. The molecular formula is C11H8Cl2N2O2. The van der Waals surface area contributed by atoms with Crippen LogP contribution in [-0.2, 0) is 0 Å². The number of amides is 1. The van der Waals surface area contributed by atoms with Gasteiger partial charge < -0.3 is 15.5 Å². The molecule has 0 aliphatic heterocycles. The van der Waals surface area contributed by atoms with Gasteiger partial charge in [-0.05, 0) is 18.2 Å². The van der Waals surface area contributed by atoms with E-state index in [1.165, 1.54) is 12.1 Å². The molecule has 2 rings (SSSR count). The van der Waals surface area contributed by atoms with Crippen LogP contribution in [0.4, 0.5) is 11.6 Å². The van der Waals surface area contributed by atoms with Crippen molar-refractivity contribution in [2.45, 2.75) is 0 Å². The number of nitrogens with two attached hydrogens (primary N) is 1. The number of benzene rings is 1. The topological polar surface area (TPSA) is 68.3 Å². The van der Waals surface area contributed by atoms with Gasteiger partial charge in [0.2, 0.25) is 0 Å². The number of rotatable bonds is 2. The molecule has 1 amide bonds. The van der Waals surface area contributed by atoms with Crippen molar-refractivity contribution in [3.63, 3.8) is 0 Å². The molecule has 1 heterocycles. The summed E-state index contributed by atoms with van der Waals surface area (Å²) in [6.45, 7) is 0. The fraction of sp³-hybridized carbons (Fsp3) is 0. The zero-order valence-corrected chi connectivity index (χ0v) is 10.0. The van der Waals surface area contributed by atoms with Crippen molar-refractivity contribution in [3.8, 4) is 0 Å². The lowest BCUT2D eigenvalue weighted by molar-refractivity contribution is 0.0997. The van der Waals surface area contributed by atoms with E-state index in [0.717, 1.165) is 0 Å². The lowest BCUT2D eigenvalue weighted by Crippen LogP contribution is -2.11. The summed E-state index contributed by atoms with van der Waals surface area (Å²) < 4.78 is 4.98. The first kappa shape index (κ1) is 11.8. The van der Waals surface area contributed by atoms with Gasteiger partial charge in [-0.15, -0.1) is 0 Å². The molecule has 0 unspecified atom stereocenters. The molecule has 0 saturated heterocycles. The van der Waals surface area contributed by atoms with Crippen LogP contribution in [0.25, 0.3) is 0 Å². The highest BCUT2D eigenvalue weighted by Crippen LogP contribution is 2.29. The molecule has 0 atom stereocenters. The van der Waals surface area contributed by atoms with Crippen molar-refractivity contribution in [2.75, 3.05) is 11.1 Å². The van der Waals surface area contributed by atoms with E-state index in [4.69, 9.17) is 33.4 Å². The summed E-state index contributed by atoms with van der Waals surface area (Å²) in [6, 6.07) is 7.92. The molecule has 1 aromatic heterocycles. The summed E-state index contributed by atoms with van der Waals surface area (Å²) in [7, 11) is 0. The molecule has 0 aliphatic rings. The van der Waals surface area contributed by atoms with Gasteiger partial charge in [-0.1, -0.05) is 29.3 Å². The molecule has 0 aliphatic carbocycles. The van der Waals surface area contributed by atoms with Crippen molar-refractivity contribution >= 4 is 40.7 Å². The Morgan fingerprint density at radius 2 is 2.00 bits per heavy atom. The number of carbonyl (C=O) groups is 1. The predicted octanol–water partition coefficient (Wildman–Crippen LogP) is 3.42. The van der Waals surface area contributed by atoms with E-state index in [0.29, 0.717) is 10.7 Å². The maximum absolute atomic E-state index is 11.7. The van der Waals surface area contributed by atoms with Gasteiger partial charge in [0, 0.05) is 6.07 Å². The molecule has 4 nitrogen and oxygen atoms in total. The largest absolute Gasteiger partial charge is 0.436 e. The average Bonchev–Trinajstić information content (AvgIpc) is 2.72. The summed E-state index contributed by atoms with van der Waals surface area (Å²) in [5.41, 5.74) is 5.79. The molecule has 17 heavy (non-hydrogen) atoms. The van der Waals surface area contributed by atoms with Gasteiger partial charge in [0.25, 0.3) is 5.91 Å². The van der Waals surface area contributed by atoms with E-state index in [1.807, 2.05) is 0 Å². The van der Waals surface area contributed by atoms with E-state index < -0.39 is 5.91 Å². The monoisotopic (exact) mass is 270 g/mol. The van der Waals surface area contributed by atoms with E-state index in [1.54, 1.807) is 18.2 Å². The highest BCUT2D eigenvalue weighted by atomic mass is 35.5. The summed E-state index contributed by atoms with van der Waals surface area (Å²) in [6.07, 6.45) is 0. The molecule has 0 saturated carbocycles. The highest BCUT2D eigenvalue weighted by Gasteiger charge is 2.13. The minimum Gasteiger partial charge on any atom is -0.436 e. The number of nitrogens with one attached hydrogen (secondary N) is 1. The van der Waals surface area contributed by atoms with Crippen molar-refractivity contribution in [1.29, 1.82) is 0 Å². The van der Waals surface area contributed by atoms with Gasteiger partial charge >= 0.3 is 0 Å². The van der Waals surface area contributed by atoms with E-state index >= 15 is 0 Å². The molecule has 2 aromatic rings. The number of hydrogen-bond donors (Lipinski definition) is 2. The smallest absolute Gasteiger partial charge is 0.291 e. The van der Waals surface area contributed by atoms with E-state index in [2.05, 4.69) is 5.32 Å². The Hall–Kier alpha value is -1.65. The molecule has 88 valence electrons. The second kappa shape index (κ2) is 4.69. The zero-order valence-electron chi connectivity index (χ0n) is 8.54. The van der Waals surface area contributed by atoms with Crippen LogP contribution in [0.1, 0.15) is 10.6 Å². The summed E-state index contributed by atoms with van der Waals surface area (Å²) in [5.74, 6) is -0.156. The second-order valence-corrected chi connectivity index (χ2v) is 4.04. The first-order valence-electron chi connectivity index (χ1n) is 4.68. The van der Waals surface area contributed by atoms with Crippen LogP contribution in [0.5, 0.6) is 0 Å². The Morgan fingerprint density at radius 3 is 2.65 bits per heavy atom. The third-order valence-electron chi connectivity index (χ3n) is 2.05. The van der Waals surface area contributed by atoms with Crippen LogP contribution in [0.2, 0.25) is 10.0 Å². The maximum atomic E-state index is 11.7. The summed E-state index contributed by atoms with van der Waals surface area (Å²) in [4.78, 5) is 11.7. The summed E-state index contributed by atoms with van der Waals surface area (Å²) >= 11 is 11.7. The third kappa shape index (κ3) is 2.54. The number of carbonyl (C=O) groups excluding carboxylic acids is 1. The average molecular weight is 271 g/mol. The van der Waals surface area contributed by atoms with Crippen LogP contribution in [0, 0.1) is 0 Å². The van der Waals surface area contributed by atoms with Crippen LogP contribution in [0.15, 0.2) is 34.7 Å². The minimum absolute atomic E-state index is 0.110. The fourth-order valence-electron chi connectivity index (χ4n) is 1.26. The lowest BCUT2D eigenvalue weighted by Gasteiger charge is -2.06. The lowest BCUT2D eigenvalue weighted by atomic mass is 10.3. The van der Waals surface area contributed by atoms with Gasteiger partial charge in [-0.25, -0.2) is 0 Å². The van der Waals surface area contributed by atoms with Gasteiger partial charge in [0.05, 0.1) is 15.7 Å². The zero-order chi connectivity index (χ0) is 12.4. The van der Waals surface area contributed by atoms with Gasteiger partial charge in [-0.2, -0.15) is 0 Å². The molecule has 0 fully saturated rings. The number of halogens is 2. The molecule has 6 heteroatoms. The Balaban J connectivity index is 2.21. The van der Waals surface area contributed by atoms with Crippen LogP contribution < -0.4 is 11.1 Å². The fourth-order valence-corrected chi connectivity index (χ4v) is 1.61. The number of nitrogen functional groups attached to an aromatic ring is 1. The van der Waals surface area contributed by atoms with Crippen molar-refractivity contribution in [2.24, 2.45) is 0 Å². The van der Waals surface area contributed by atoms with Crippen molar-refractivity contribution < 1.29 is 9.21 Å². The standard InChI is InChI=1S/C11H8Cl2N2O2/c12-6-2-1-3-7(10(6)13)15-11(16)8-4-5-9(14)17-8/h1-5H,14H2,(H,15,16). The first-order valence-corrected chi connectivity index (χ1v) is 5.44. The van der Waals surface area contributed by atoms with E-state index in [9.17, 15) is 4.79 Å². The number of furan rings is 1. The van der Waals surface area contributed by atoms with Gasteiger partial charge in [0.15, 0.2) is 11.6 Å². The van der Waals surface area contributed by atoms with E-state index in [-0.39, 0.29) is 16.7 Å². The Labute approximate surface area is 107 Å².